The van der Waals surface area contributed by atoms with Crippen LogP contribution in [0.4, 0.5) is 15.8 Å². The second-order valence-corrected chi connectivity index (χ2v) is 7.21. The molecule has 1 aliphatic heterocycles. The standard InChI is InChI=1S/C20H17FN6/c1-22-16-5-3-4-13(12-6-7-17(21)23-8-12)19(16)27-9-14-15(10-27)18(14)20-25-24-11-26(20)2/h3-8,11,14-15,18H,9-10H2,2H3/t14-,15+,18?. The Kier molecular flexibility index (Phi) is 3.47. The second-order valence-electron chi connectivity index (χ2n) is 7.21. The van der Waals surface area contributed by atoms with Gasteiger partial charge >= 0.3 is 0 Å². The highest BCUT2D eigenvalue weighted by molar-refractivity contribution is 5.88. The number of rotatable bonds is 3. The third kappa shape index (κ3) is 2.48. The summed E-state index contributed by atoms with van der Waals surface area (Å²) in [6, 6.07) is 8.76. The summed E-state index contributed by atoms with van der Waals surface area (Å²) in [4.78, 5) is 9.79. The first kappa shape index (κ1) is 15.9. The first-order chi connectivity index (χ1) is 13.2. The average molecular weight is 360 g/mol. The van der Waals surface area contributed by atoms with Gasteiger partial charge in [0.1, 0.15) is 12.2 Å². The van der Waals surface area contributed by atoms with E-state index in [2.05, 4.69) is 24.9 Å². The second kappa shape index (κ2) is 5.88. The lowest BCUT2D eigenvalue weighted by Crippen LogP contribution is -2.24. The monoisotopic (exact) mass is 360 g/mol. The van der Waals surface area contributed by atoms with Gasteiger partial charge < -0.3 is 9.47 Å². The molecule has 1 aromatic carbocycles. The normalized spacial score (nSPS) is 23.1. The lowest BCUT2D eigenvalue weighted by Gasteiger charge is -2.26. The molecule has 27 heavy (non-hydrogen) atoms. The molecule has 1 saturated heterocycles. The molecule has 0 amide bonds. The first-order valence-corrected chi connectivity index (χ1v) is 8.88. The summed E-state index contributed by atoms with van der Waals surface area (Å²) in [5.74, 6) is 2.06. The zero-order chi connectivity index (χ0) is 18.5. The molecule has 7 heteroatoms. The molecule has 134 valence electrons. The fourth-order valence-corrected chi connectivity index (χ4v) is 4.41. The smallest absolute Gasteiger partial charge is 0.212 e. The summed E-state index contributed by atoms with van der Waals surface area (Å²) in [6.45, 7) is 9.36. The van der Waals surface area contributed by atoms with Crippen LogP contribution in [-0.4, -0.2) is 32.8 Å². The molecule has 0 bridgehead atoms. The molecule has 0 N–H and O–H groups in total. The number of nitrogens with zero attached hydrogens (tertiary/aromatic N) is 6. The summed E-state index contributed by atoms with van der Waals surface area (Å²) in [7, 11) is 1.98. The van der Waals surface area contributed by atoms with Crippen LogP contribution in [0.1, 0.15) is 11.7 Å². The van der Waals surface area contributed by atoms with Gasteiger partial charge in [0.25, 0.3) is 0 Å². The Morgan fingerprint density at radius 3 is 2.63 bits per heavy atom. The van der Waals surface area contributed by atoms with E-state index in [0.717, 1.165) is 35.7 Å². The minimum atomic E-state index is -0.504. The Bertz CT molecular complexity index is 1040. The number of halogens is 1. The Labute approximate surface area is 156 Å². The highest BCUT2D eigenvalue weighted by Crippen LogP contribution is 2.59. The Hall–Kier alpha value is -3.27. The first-order valence-electron chi connectivity index (χ1n) is 8.88. The van der Waals surface area contributed by atoms with Crippen molar-refractivity contribution in [3.05, 3.63) is 66.0 Å². The molecule has 0 spiro atoms. The van der Waals surface area contributed by atoms with Gasteiger partial charge in [-0.3, -0.25) is 0 Å². The average Bonchev–Trinajstić information content (AvgIpc) is 3.01. The number of anilines is 1. The van der Waals surface area contributed by atoms with Gasteiger partial charge in [-0.25, -0.2) is 9.83 Å². The molecular weight excluding hydrogens is 343 g/mol. The van der Waals surface area contributed by atoms with Crippen LogP contribution in [0.3, 0.4) is 0 Å². The SMILES string of the molecule is [C-]#[N+]c1cccc(-c2ccc(F)nc2)c1N1C[C@@H]2C(c3nncn3C)[C@@H]2C1. The number of para-hydroxylation sites is 1. The van der Waals surface area contributed by atoms with E-state index < -0.39 is 5.95 Å². The number of aromatic nitrogens is 4. The van der Waals surface area contributed by atoms with Gasteiger partial charge in [-0.05, 0) is 29.5 Å². The Balaban J connectivity index is 1.47. The van der Waals surface area contributed by atoms with Crippen molar-refractivity contribution in [2.75, 3.05) is 18.0 Å². The maximum Gasteiger partial charge on any atom is 0.212 e. The van der Waals surface area contributed by atoms with Gasteiger partial charge in [0.15, 0.2) is 0 Å². The minimum Gasteiger partial charge on any atom is -0.379 e. The predicted molar refractivity (Wildman–Crippen MR) is 98.8 cm³/mol. The molecule has 3 aromatic rings. The van der Waals surface area contributed by atoms with Crippen molar-refractivity contribution in [2.45, 2.75) is 5.92 Å². The number of pyridine rings is 1. The van der Waals surface area contributed by atoms with Gasteiger partial charge in [-0.15, -0.1) is 10.2 Å². The van der Waals surface area contributed by atoms with E-state index in [1.54, 1.807) is 12.4 Å². The summed E-state index contributed by atoms with van der Waals surface area (Å²) in [6.07, 6.45) is 3.27. The van der Waals surface area contributed by atoms with Crippen LogP contribution in [0.15, 0.2) is 42.9 Å². The Morgan fingerprint density at radius 1 is 1.19 bits per heavy atom. The van der Waals surface area contributed by atoms with Crippen molar-refractivity contribution in [1.82, 2.24) is 19.7 Å². The minimum absolute atomic E-state index is 0.449. The summed E-state index contributed by atoms with van der Waals surface area (Å²) >= 11 is 0. The molecule has 2 aliphatic rings. The van der Waals surface area contributed by atoms with Crippen LogP contribution in [0.2, 0.25) is 0 Å². The molecule has 1 unspecified atom stereocenters. The topological polar surface area (TPSA) is 51.2 Å². The highest BCUT2D eigenvalue weighted by atomic mass is 19.1. The molecular formula is C20H17FN6. The molecule has 5 rings (SSSR count). The van der Waals surface area contributed by atoms with E-state index in [1.165, 1.54) is 12.3 Å². The van der Waals surface area contributed by atoms with Crippen molar-refractivity contribution in [1.29, 1.82) is 0 Å². The fraction of sp³-hybridized carbons (Fsp3) is 0.300. The van der Waals surface area contributed by atoms with Gasteiger partial charge in [-0.1, -0.05) is 18.2 Å². The van der Waals surface area contributed by atoms with Crippen molar-refractivity contribution in [3.63, 3.8) is 0 Å². The summed E-state index contributed by atoms with van der Waals surface area (Å²) in [5, 5.41) is 8.26. The summed E-state index contributed by atoms with van der Waals surface area (Å²) < 4.78 is 15.2. The zero-order valence-electron chi connectivity index (χ0n) is 14.7. The molecule has 1 saturated carbocycles. The van der Waals surface area contributed by atoms with E-state index in [-0.39, 0.29) is 0 Å². The van der Waals surface area contributed by atoms with Crippen LogP contribution in [0.5, 0.6) is 0 Å². The van der Waals surface area contributed by atoms with Gasteiger partial charge in [0.2, 0.25) is 11.6 Å². The molecule has 3 heterocycles. The van der Waals surface area contributed by atoms with E-state index >= 15 is 0 Å². The number of piperidine rings is 1. The molecule has 0 radical (unpaired) electrons. The molecule has 1 aliphatic carbocycles. The largest absolute Gasteiger partial charge is 0.379 e. The highest BCUT2D eigenvalue weighted by Gasteiger charge is 2.58. The summed E-state index contributed by atoms with van der Waals surface area (Å²) in [5.41, 5.74) is 3.29. The number of benzene rings is 1. The van der Waals surface area contributed by atoms with E-state index in [9.17, 15) is 4.39 Å². The molecule has 6 nitrogen and oxygen atoms in total. The van der Waals surface area contributed by atoms with Crippen LogP contribution in [-0.2, 0) is 7.05 Å². The van der Waals surface area contributed by atoms with Crippen LogP contribution in [0.25, 0.3) is 16.0 Å². The van der Waals surface area contributed by atoms with Gasteiger partial charge in [-0.2, -0.15) is 4.39 Å². The van der Waals surface area contributed by atoms with Crippen molar-refractivity contribution in [2.24, 2.45) is 18.9 Å². The quantitative estimate of drug-likeness (QED) is 0.531. The number of aryl methyl sites for hydroxylation is 1. The van der Waals surface area contributed by atoms with Crippen molar-refractivity contribution in [3.8, 4) is 11.1 Å². The van der Waals surface area contributed by atoms with Crippen LogP contribution >= 0.6 is 0 Å². The fourth-order valence-electron chi connectivity index (χ4n) is 4.41. The van der Waals surface area contributed by atoms with Crippen LogP contribution in [0, 0.1) is 24.4 Å². The lowest BCUT2D eigenvalue weighted by molar-refractivity contribution is 0.584. The predicted octanol–water partition coefficient (Wildman–Crippen LogP) is 3.42. The lowest BCUT2D eigenvalue weighted by atomic mass is 10.0. The van der Waals surface area contributed by atoms with E-state index in [1.807, 2.05) is 29.8 Å². The molecule has 2 aromatic heterocycles. The van der Waals surface area contributed by atoms with Gasteiger partial charge in [0, 0.05) is 37.8 Å². The van der Waals surface area contributed by atoms with E-state index in [0.29, 0.717) is 23.4 Å². The van der Waals surface area contributed by atoms with Crippen molar-refractivity contribution >= 4 is 11.4 Å². The number of hydrogen-bond acceptors (Lipinski definition) is 4. The third-order valence-corrected chi connectivity index (χ3v) is 5.73. The number of hydrogen-bond donors (Lipinski definition) is 0. The van der Waals surface area contributed by atoms with E-state index in [4.69, 9.17) is 6.57 Å². The third-order valence-electron chi connectivity index (χ3n) is 5.73. The van der Waals surface area contributed by atoms with Crippen LogP contribution < -0.4 is 4.90 Å². The van der Waals surface area contributed by atoms with Gasteiger partial charge in [0.05, 0.1) is 12.3 Å². The zero-order valence-corrected chi connectivity index (χ0v) is 14.7. The maximum atomic E-state index is 13.2. The number of fused-ring (bicyclic) bond motifs is 1. The molecule has 2 fully saturated rings. The molecule has 3 atom stereocenters. The van der Waals surface area contributed by atoms with Crippen molar-refractivity contribution < 1.29 is 4.39 Å². The maximum absolute atomic E-state index is 13.2. The Morgan fingerprint density at radius 2 is 2.00 bits per heavy atom.